The van der Waals surface area contributed by atoms with Gasteiger partial charge in [0.05, 0.1) is 24.5 Å². The van der Waals surface area contributed by atoms with E-state index in [2.05, 4.69) is 6.07 Å². The first-order valence-electron chi connectivity index (χ1n) is 6.26. The summed E-state index contributed by atoms with van der Waals surface area (Å²) in [7, 11) is 0.588. The predicted molar refractivity (Wildman–Crippen MR) is 73.4 cm³/mol. The molecule has 0 aromatic heterocycles. The van der Waals surface area contributed by atoms with Gasteiger partial charge in [0.25, 0.3) is 0 Å². The number of methoxy groups -OCH3 is 1. The second kappa shape index (κ2) is 6.69. The monoisotopic (exact) mass is 279 g/mol. The number of rotatable bonds is 5. The molecule has 0 saturated carbocycles. The van der Waals surface area contributed by atoms with Crippen LogP contribution >= 0.6 is 0 Å². The highest BCUT2D eigenvalue weighted by atomic mass is 32.2. The Morgan fingerprint density at radius 1 is 1.58 bits per heavy atom. The lowest BCUT2D eigenvalue weighted by Crippen LogP contribution is -2.16. The average Bonchev–Trinajstić information content (AvgIpc) is 2.91. The van der Waals surface area contributed by atoms with E-state index >= 15 is 0 Å². The molecule has 0 spiro atoms. The molecule has 1 aromatic rings. The fourth-order valence-corrected chi connectivity index (χ4v) is 3.49. The highest BCUT2D eigenvalue weighted by Crippen LogP contribution is 2.21. The van der Waals surface area contributed by atoms with Gasteiger partial charge in [-0.15, -0.1) is 0 Å². The fourth-order valence-electron chi connectivity index (χ4n) is 2.15. The van der Waals surface area contributed by atoms with E-state index in [9.17, 15) is 4.21 Å². The molecule has 1 aromatic carbocycles. The van der Waals surface area contributed by atoms with Crippen LogP contribution in [0.2, 0.25) is 0 Å². The minimum absolute atomic E-state index is 0.140. The zero-order valence-electron chi connectivity index (χ0n) is 10.9. The molecule has 2 rings (SSSR count). The standard InChI is InChI=1S/C14H17NO3S/c1-17-14-7-11(4-5-12(14)8-15)9-19(16)10-13-3-2-6-18-13/h4-5,7,13H,2-3,6,9-10H2,1H3. The SMILES string of the molecule is COc1cc(CS(=O)CC2CCCO2)ccc1C#N. The van der Waals surface area contributed by atoms with Crippen LogP contribution in [-0.2, 0) is 21.3 Å². The molecule has 5 heteroatoms. The van der Waals surface area contributed by atoms with Gasteiger partial charge in [0, 0.05) is 23.2 Å². The minimum Gasteiger partial charge on any atom is -0.495 e. The van der Waals surface area contributed by atoms with Gasteiger partial charge < -0.3 is 9.47 Å². The van der Waals surface area contributed by atoms with Crippen molar-refractivity contribution >= 4 is 10.8 Å². The molecule has 1 aliphatic heterocycles. The van der Waals surface area contributed by atoms with Gasteiger partial charge in [0.1, 0.15) is 11.8 Å². The minimum atomic E-state index is -0.943. The maximum absolute atomic E-state index is 12.0. The summed E-state index contributed by atoms with van der Waals surface area (Å²) < 4.78 is 22.7. The topological polar surface area (TPSA) is 59.3 Å². The van der Waals surface area contributed by atoms with Crippen molar-refractivity contribution in [2.24, 2.45) is 0 Å². The summed E-state index contributed by atoms with van der Waals surface area (Å²) in [6.07, 6.45) is 2.20. The Kier molecular flexibility index (Phi) is 4.94. The van der Waals surface area contributed by atoms with Crippen LogP contribution in [0.4, 0.5) is 0 Å². The lowest BCUT2D eigenvalue weighted by Gasteiger charge is -2.10. The average molecular weight is 279 g/mol. The van der Waals surface area contributed by atoms with Gasteiger partial charge in [0.2, 0.25) is 0 Å². The first kappa shape index (κ1) is 14.0. The maximum Gasteiger partial charge on any atom is 0.136 e. The van der Waals surface area contributed by atoms with Crippen molar-refractivity contribution in [3.8, 4) is 11.8 Å². The van der Waals surface area contributed by atoms with Crippen LogP contribution in [0.25, 0.3) is 0 Å². The molecule has 1 aliphatic rings. The first-order chi connectivity index (χ1) is 9.22. The first-order valence-corrected chi connectivity index (χ1v) is 7.75. The molecule has 0 N–H and O–H groups in total. The number of benzene rings is 1. The lowest BCUT2D eigenvalue weighted by molar-refractivity contribution is 0.128. The zero-order chi connectivity index (χ0) is 13.7. The lowest BCUT2D eigenvalue weighted by atomic mass is 10.1. The Balaban J connectivity index is 1.98. The van der Waals surface area contributed by atoms with E-state index in [-0.39, 0.29) is 6.10 Å². The Morgan fingerprint density at radius 2 is 2.42 bits per heavy atom. The van der Waals surface area contributed by atoms with Crippen LogP contribution in [0.5, 0.6) is 5.75 Å². The number of nitriles is 1. The van der Waals surface area contributed by atoms with Crippen molar-refractivity contribution in [3.63, 3.8) is 0 Å². The van der Waals surface area contributed by atoms with Crippen molar-refractivity contribution in [2.45, 2.75) is 24.7 Å². The third-order valence-corrected chi connectivity index (χ3v) is 4.51. The van der Waals surface area contributed by atoms with Gasteiger partial charge in [-0.25, -0.2) is 0 Å². The van der Waals surface area contributed by atoms with Gasteiger partial charge in [-0.1, -0.05) is 6.07 Å². The van der Waals surface area contributed by atoms with Gasteiger partial charge in [-0.3, -0.25) is 4.21 Å². The van der Waals surface area contributed by atoms with Crippen LogP contribution in [0.3, 0.4) is 0 Å². The molecule has 19 heavy (non-hydrogen) atoms. The van der Waals surface area contributed by atoms with E-state index in [4.69, 9.17) is 14.7 Å². The normalized spacial score (nSPS) is 19.9. The second-order valence-electron chi connectivity index (χ2n) is 4.53. The quantitative estimate of drug-likeness (QED) is 0.827. The molecular formula is C14H17NO3S. The Labute approximate surface area is 115 Å². The van der Waals surface area contributed by atoms with Crippen molar-refractivity contribution in [2.75, 3.05) is 19.5 Å². The third kappa shape index (κ3) is 3.79. The molecular weight excluding hydrogens is 262 g/mol. The van der Waals surface area contributed by atoms with Gasteiger partial charge in [-0.2, -0.15) is 5.26 Å². The largest absolute Gasteiger partial charge is 0.495 e. The molecule has 1 fully saturated rings. The highest BCUT2D eigenvalue weighted by Gasteiger charge is 2.18. The summed E-state index contributed by atoms with van der Waals surface area (Å²) in [5.74, 6) is 1.60. The van der Waals surface area contributed by atoms with Crippen LogP contribution < -0.4 is 4.74 Å². The van der Waals surface area contributed by atoms with Gasteiger partial charge >= 0.3 is 0 Å². The van der Waals surface area contributed by atoms with Crippen LogP contribution in [0.1, 0.15) is 24.0 Å². The van der Waals surface area contributed by atoms with Crippen molar-refractivity contribution < 1.29 is 13.7 Å². The molecule has 2 unspecified atom stereocenters. The molecule has 0 bridgehead atoms. The van der Waals surface area contributed by atoms with E-state index in [0.29, 0.717) is 22.8 Å². The van der Waals surface area contributed by atoms with E-state index < -0.39 is 10.8 Å². The number of nitrogens with zero attached hydrogens (tertiary/aromatic N) is 1. The highest BCUT2D eigenvalue weighted by molar-refractivity contribution is 7.84. The van der Waals surface area contributed by atoms with E-state index in [0.717, 1.165) is 25.0 Å². The molecule has 1 heterocycles. The Bertz CT molecular complexity index is 504. The molecule has 0 aliphatic carbocycles. The van der Waals surface area contributed by atoms with E-state index in [1.165, 1.54) is 7.11 Å². The van der Waals surface area contributed by atoms with Gasteiger partial charge in [-0.05, 0) is 30.5 Å². The fraction of sp³-hybridized carbons (Fsp3) is 0.500. The molecule has 102 valence electrons. The number of hydrogen-bond donors (Lipinski definition) is 0. The van der Waals surface area contributed by atoms with Crippen LogP contribution in [0, 0.1) is 11.3 Å². The summed E-state index contributed by atoms with van der Waals surface area (Å²) >= 11 is 0. The summed E-state index contributed by atoms with van der Waals surface area (Å²) in [5.41, 5.74) is 1.42. The molecule has 0 radical (unpaired) electrons. The Morgan fingerprint density at radius 3 is 3.05 bits per heavy atom. The summed E-state index contributed by atoms with van der Waals surface area (Å²) in [6.45, 7) is 0.784. The summed E-state index contributed by atoms with van der Waals surface area (Å²) in [5, 5.41) is 8.91. The van der Waals surface area contributed by atoms with Crippen LogP contribution in [0.15, 0.2) is 18.2 Å². The summed E-state index contributed by atoms with van der Waals surface area (Å²) in [6, 6.07) is 7.38. The molecule has 0 amide bonds. The second-order valence-corrected chi connectivity index (χ2v) is 6.03. The van der Waals surface area contributed by atoms with Gasteiger partial charge in [0.15, 0.2) is 0 Å². The number of ether oxygens (including phenoxy) is 2. The van der Waals surface area contributed by atoms with E-state index in [1.807, 2.05) is 6.07 Å². The van der Waals surface area contributed by atoms with Crippen molar-refractivity contribution in [1.82, 2.24) is 0 Å². The van der Waals surface area contributed by atoms with Crippen molar-refractivity contribution in [3.05, 3.63) is 29.3 Å². The molecule has 1 saturated heterocycles. The number of hydrogen-bond acceptors (Lipinski definition) is 4. The smallest absolute Gasteiger partial charge is 0.136 e. The molecule has 2 atom stereocenters. The van der Waals surface area contributed by atoms with E-state index in [1.54, 1.807) is 12.1 Å². The summed E-state index contributed by atoms with van der Waals surface area (Å²) in [4.78, 5) is 0. The predicted octanol–water partition coefficient (Wildman–Crippen LogP) is 1.99. The Hall–Kier alpha value is -1.38. The zero-order valence-corrected chi connectivity index (χ0v) is 11.7. The molecule has 4 nitrogen and oxygen atoms in total. The van der Waals surface area contributed by atoms with Crippen LogP contribution in [-0.4, -0.2) is 29.8 Å². The maximum atomic E-state index is 12.0. The van der Waals surface area contributed by atoms with Crippen molar-refractivity contribution in [1.29, 1.82) is 5.26 Å². The third-order valence-electron chi connectivity index (χ3n) is 3.11.